The largest absolute Gasteiger partial charge is 0.361 e. The molecular weight excluding hydrogens is 444 g/mol. The number of para-hydroxylation sites is 1. The van der Waals surface area contributed by atoms with Gasteiger partial charge in [0.15, 0.2) is 5.13 Å². The third kappa shape index (κ3) is 3.88. The molecule has 8 heteroatoms. The van der Waals surface area contributed by atoms with Crippen LogP contribution in [0.5, 0.6) is 0 Å². The van der Waals surface area contributed by atoms with Crippen molar-refractivity contribution in [3.63, 3.8) is 0 Å². The van der Waals surface area contributed by atoms with Crippen molar-refractivity contribution in [1.29, 1.82) is 0 Å². The highest BCUT2D eigenvalue weighted by molar-refractivity contribution is 7.18. The average molecular weight is 467 g/mol. The van der Waals surface area contributed by atoms with Gasteiger partial charge in [-0.15, -0.1) is 0 Å². The fourth-order valence-electron chi connectivity index (χ4n) is 4.29. The van der Waals surface area contributed by atoms with E-state index in [1.54, 1.807) is 23.9 Å². The molecule has 0 saturated carbocycles. The molecule has 2 aromatic carbocycles. The predicted octanol–water partition coefficient (Wildman–Crippen LogP) is 5.55. The lowest BCUT2D eigenvalue weighted by molar-refractivity contribution is -0.110. The number of anilines is 2. The number of rotatable bonds is 7. The van der Waals surface area contributed by atoms with Crippen LogP contribution in [0.25, 0.3) is 33.0 Å². The van der Waals surface area contributed by atoms with Crippen LogP contribution in [0.2, 0.25) is 0 Å². The monoisotopic (exact) mass is 466 g/mol. The fraction of sp³-hybridized carbons (Fsp3) is 0.115. The van der Waals surface area contributed by atoms with Gasteiger partial charge in [0.1, 0.15) is 0 Å². The van der Waals surface area contributed by atoms with Crippen LogP contribution in [0, 0.1) is 0 Å². The van der Waals surface area contributed by atoms with Crippen molar-refractivity contribution in [3.8, 4) is 10.4 Å². The minimum absolute atomic E-state index is 0.108. The van der Waals surface area contributed by atoms with E-state index in [1.165, 1.54) is 16.5 Å². The zero-order valence-electron chi connectivity index (χ0n) is 18.3. The number of fused-ring (bicyclic) bond motifs is 2. The van der Waals surface area contributed by atoms with Crippen LogP contribution in [0.3, 0.4) is 0 Å². The molecule has 0 fully saturated rings. The first kappa shape index (κ1) is 20.4. The molecule has 0 radical (unpaired) electrons. The van der Waals surface area contributed by atoms with Gasteiger partial charge in [-0.1, -0.05) is 35.6 Å². The van der Waals surface area contributed by atoms with Crippen molar-refractivity contribution in [2.24, 2.45) is 0 Å². The van der Waals surface area contributed by atoms with E-state index in [2.05, 4.69) is 61.0 Å². The maximum absolute atomic E-state index is 12.5. The van der Waals surface area contributed by atoms with Crippen molar-refractivity contribution >= 4 is 50.6 Å². The molecular formula is C26H22N6OS. The lowest BCUT2D eigenvalue weighted by Gasteiger charge is -2.03. The Morgan fingerprint density at radius 3 is 2.94 bits per heavy atom. The van der Waals surface area contributed by atoms with Gasteiger partial charge in [-0.05, 0) is 48.2 Å². The number of aryl methyl sites for hydroxylation is 1. The number of H-pyrrole nitrogens is 2. The summed E-state index contributed by atoms with van der Waals surface area (Å²) in [5.41, 5.74) is 6.69. The molecule has 0 bridgehead atoms. The van der Waals surface area contributed by atoms with Gasteiger partial charge in [-0.25, -0.2) is 9.97 Å². The number of imidazole rings is 1. The molecule has 4 heterocycles. The van der Waals surface area contributed by atoms with Gasteiger partial charge in [0.05, 0.1) is 28.7 Å². The van der Waals surface area contributed by atoms with Crippen LogP contribution in [0.1, 0.15) is 23.2 Å². The molecule has 34 heavy (non-hydrogen) atoms. The lowest BCUT2D eigenvalue weighted by Crippen LogP contribution is -2.03. The van der Waals surface area contributed by atoms with Gasteiger partial charge in [-0.2, -0.15) is 0 Å². The second-order valence-electron chi connectivity index (χ2n) is 8.20. The smallest absolute Gasteiger partial charge is 0.256 e. The zero-order valence-corrected chi connectivity index (χ0v) is 19.1. The molecule has 1 aliphatic heterocycles. The zero-order chi connectivity index (χ0) is 22.9. The highest BCUT2D eigenvalue weighted by Gasteiger charge is 2.25. The molecule has 4 N–H and O–H groups in total. The first-order valence-electron chi connectivity index (χ1n) is 11.2. The van der Waals surface area contributed by atoms with Gasteiger partial charge < -0.3 is 20.6 Å². The normalized spacial score (nSPS) is 14.0. The molecule has 1 aliphatic rings. The Morgan fingerprint density at radius 1 is 1.09 bits per heavy atom. The fourth-order valence-corrected chi connectivity index (χ4v) is 5.13. The number of amides is 1. The van der Waals surface area contributed by atoms with E-state index in [1.807, 2.05) is 30.5 Å². The molecule has 0 spiro atoms. The van der Waals surface area contributed by atoms with Gasteiger partial charge >= 0.3 is 0 Å². The third-order valence-electron chi connectivity index (χ3n) is 5.99. The first-order valence-corrected chi connectivity index (χ1v) is 12.0. The quantitative estimate of drug-likeness (QED) is 0.187. The topological polar surface area (TPSA) is 98.5 Å². The van der Waals surface area contributed by atoms with Gasteiger partial charge in [0, 0.05) is 41.1 Å². The molecule has 1 amide bonds. The molecule has 5 aromatic rings. The molecule has 0 saturated heterocycles. The van der Waals surface area contributed by atoms with Crippen molar-refractivity contribution in [2.75, 3.05) is 17.2 Å². The maximum atomic E-state index is 12.5. The highest BCUT2D eigenvalue weighted by Crippen LogP contribution is 2.38. The van der Waals surface area contributed by atoms with E-state index in [0.29, 0.717) is 5.57 Å². The number of aromatic amines is 2. The SMILES string of the molecule is O=C1Nc2ccc(-c3cnc(NCCCc4c[nH]c5ccccc45)s3)cc2/C1=C/c1cnc[nH]1. The van der Waals surface area contributed by atoms with Gasteiger partial charge in [0.2, 0.25) is 0 Å². The summed E-state index contributed by atoms with van der Waals surface area (Å²) in [5.74, 6) is -0.108. The number of thiazole rings is 1. The Bertz CT molecular complexity index is 1510. The average Bonchev–Trinajstić information content (AvgIpc) is 3.65. The maximum Gasteiger partial charge on any atom is 0.256 e. The van der Waals surface area contributed by atoms with Crippen molar-refractivity contribution in [3.05, 3.63) is 84.2 Å². The summed E-state index contributed by atoms with van der Waals surface area (Å²) in [4.78, 5) is 28.5. The third-order valence-corrected chi connectivity index (χ3v) is 6.99. The van der Waals surface area contributed by atoms with Gasteiger partial charge in [-0.3, -0.25) is 4.79 Å². The van der Waals surface area contributed by atoms with Crippen LogP contribution >= 0.6 is 11.3 Å². The number of nitrogens with zero attached hydrogens (tertiary/aromatic N) is 2. The van der Waals surface area contributed by atoms with Crippen LogP contribution in [-0.2, 0) is 11.2 Å². The summed E-state index contributed by atoms with van der Waals surface area (Å²) in [5, 5.41) is 8.58. The highest BCUT2D eigenvalue weighted by atomic mass is 32.1. The van der Waals surface area contributed by atoms with E-state index in [4.69, 9.17) is 0 Å². The standard InChI is InChI=1S/C26H22N6OS/c33-25-21(11-18-13-27-15-31-18)20-10-16(7-8-23(20)32-25)24-14-30-26(34-24)28-9-3-4-17-12-29-22-6-2-1-5-19(17)22/h1-2,5-8,10-15,29H,3-4,9H2,(H,27,31)(H,28,30)(H,32,33)/b21-11-. The van der Waals surface area contributed by atoms with Crippen LogP contribution < -0.4 is 10.6 Å². The number of aromatic nitrogens is 4. The van der Waals surface area contributed by atoms with E-state index in [0.717, 1.165) is 51.9 Å². The van der Waals surface area contributed by atoms with Gasteiger partial charge in [0.25, 0.3) is 5.91 Å². The number of carbonyl (C=O) groups excluding carboxylic acids is 1. The number of benzene rings is 2. The summed E-state index contributed by atoms with van der Waals surface area (Å²) >= 11 is 1.62. The molecule has 168 valence electrons. The number of carbonyl (C=O) groups is 1. The minimum atomic E-state index is -0.108. The Morgan fingerprint density at radius 2 is 2.03 bits per heavy atom. The van der Waals surface area contributed by atoms with E-state index >= 15 is 0 Å². The Kier molecular flexibility index (Phi) is 5.20. The number of hydrogen-bond donors (Lipinski definition) is 4. The minimum Gasteiger partial charge on any atom is -0.361 e. The van der Waals surface area contributed by atoms with Crippen LogP contribution in [-0.4, -0.2) is 32.4 Å². The molecule has 3 aromatic heterocycles. The number of hydrogen-bond acceptors (Lipinski definition) is 5. The molecule has 0 aliphatic carbocycles. The van der Waals surface area contributed by atoms with E-state index in [-0.39, 0.29) is 5.91 Å². The Hall–Kier alpha value is -4.17. The molecule has 0 unspecified atom stereocenters. The van der Waals surface area contributed by atoms with Crippen molar-refractivity contribution in [2.45, 2.75) is 12.8 Å². The number of nitrogens with one attached hydrogen (secondary N) is 4. The van der Waals surface area contributed by atoms with E-state index < -0.39 is 0 Å². The van der Waals surface area contributed by atoms with Crippen molar-refractivity contribution < 1.29 is 4.79 Å². The van der Waals surface area contributed by atoms with Crippen LogP contribution in [0.15, 0.2) is 67.4 Å². The summed E-state index contributed by atoms with van der Waals surface area (Å²) in [6, 6.07) is 14.4. The van der Waals surface area contributed by atoms with E-state index in [9.17, 15) is 4.79 Å². The molecule has 7 nitrogen and oxygen atoms in total. The second-order valence-corrected chi connectivity index (χ2v) is 9.23. The predicted molar refractivity (Wildman–Crippen MR) is 138 cm³/mol. The van der Waals surface area contributed by atoms with Crippen LogP contribution in [0.4, 0.5) is 10.8 Å². The Balaban J connectivity index is 1.13. The summed E-state index contributed by atoms with van der Waals surface area (Å²) < 4.78 is 0. The molecule has 6 rings (SSSR count). The second kappa shape index (κ2) is 8.64. The van der Waals surface area contributed by atoms with Crippen molar-refractivity contribution in [1.82, 2.24) is 19.9 Å². The summed E-state index contributed by atoms with van der Waals surface area (Å²) in [6.07, 6.45) is 11.1. The summed E-state index contributed by atoms with van der Waals surface area (Å²) in [6.45, 7) is 0.853. The molecule has 0 atom stereocenters. The Labute approximate surface area is 200 Å². The first-order chi connectivity index (χ1) is 16.7. The summed E-state index contributed by atoms with van der Waals surface area (Å²) in [7, 11) is 0. The lowest BCUT2D eigenvalue weighted by atomic mass is 10.0.